The van der Waals surface area contributed by atoms with Gasteiger partial charge in [0.15, 0.2) is 0 Å². The van der Waals surface area contributed by atoms with Gasteiger partial charge < -0.3 is 16.0 Å². The molecule has 0 aromatic carbocycles. The van der Waals surface area contributed by atoms with Gasteiger partial charge in [-0.1, -0.05) is 13.8 Å². The highest BCUT2D eigenvalue weighted by atomic mass is 16.1. The third kappa shape index (κ3) is 5.70. The van der Waals surface area contributed by atoms with Gasteiger partial charge in [0.05, 0.1) is 5.56 Å². The van der Waals surface area contributed by atoms with Crippen LogP contribution in [0.2, 0.25) is 0 Å². The fourth-order valence-corrected chi connectivity index (χ4v) is 2.00. The van der Waals surface area contributed by atoms with E-state index in [-0.39, 0.29) is 11.9 Å². The van der Waals surface area contributed by atoms with E-state index in [4.69, 9.17) is 5.73 Å². The molecule has 5 heteroatoms. The molecule has 1 aromatic heterocycles. The van der Waals surface area contributed by atoms with E-state index in [1.165, 1.54) is 6.20 Å². The number of nitrogens with one attached hydrogen (secondary N) is 1. The highest BCUT2D eigenvalue weighted by molar-refractivity contribution is 5.94. The summed E-state index contributed by atoms with van der Waals surface area (Å²) in [6, 6.07) is 3.47. The van der Waals surface area contributed by atoms with Crippen molar-refractivity contribution in [2.45, 2.75) is 26.3 Å². The summed E-state index contributed by atoms with van der Waals surface area (Å²) >= 11 is 0. The maximum absolute atomic E-state index is 12.1. The SMILES string of the molecule is CC(C)CC(CN(C)C)NC(=O)c1ccc(N)nc1. The number of carbonyl (C=O) groups excluding carboxylic acids is 1. The summed E-state index contributed by atoms with van der Waals surface area (Å²) < 4.78 is 0. The monoisotopic (exact) mass is 264 g/mol. The van der Waals surface area contributed by atoms with Crippen molar-refractivity contribution in [2.24, 2.45) is 5.92 Å². The Morgan fingerprint density at radius 1 is 1.42 bits per heavy atom. The Hall–Kier alpha value is -1.62. The minimum atomic E-state index is -0.0972. The van der Waals surface area contributed by atoms with Crippen LogP contribution >= 0.6 is 0 Å². The minimum absolute atomic E-state index is 0.0972. The van der Waals surface area contributed by atoms with Gasteiger partial charge in [-0.2, -0.15) is 0 Å². The zero-order valence-corrected chi connectivity index (χ0v) is 12.2. The maximum atomic E-state index is 12.1. The molecular weight excluding hydrogens is 240 g/mol. The van der Waals surface area contributed by atoms with E-state index in [9.17, 15) is 4.79 Å². The Kier molecular flexibility index (Phi) is 5.76. The number of likely N-dealkylation sites (N-methyl/N-ethyl adjacent to an activating group) is 1. The minimum Gasteiger partial charge on any atom is -0.384 e. The van der Waals surface area contributed by atoms with Crippen molar-refractivity contribution in [3.63, 3.8) is 0 Å². The Balaban J connectivity index is 2.66. The van der Waals surface area contributed by atoms with Crippen LogP contribution in [0.1, 0.15) is 30.6 Å². The van der Waals surface area contributed by atoms with Gasteiger partial charge >= 0.3 is 0 Å². The quantitative estimate of drug-likeness (QED) is 0.814. The van der Waals surface area contributed by atoms with Crippen molar-refractivity contribution in [1.29, 1.82) is 0 Å². The van der Waals surface area contributed by atoms with Crippen molar-refractivity contribution in [2.75, 3.05) is 26.4 Å². The van der Waals surface area contributed by atoms with Gasteiger partial charge in [-0.3, -0.25) is 4.79 Å². The van der Waals surface area contributed by atoms with Gasteiger partial charge in [0.25, 0.3) is 5.91 Å². The van der Waals surface area contributed by atoms with Crippen molar-refractivity contribution in [3.05, 3.63) is 23.9 Å². The number of carbonyl (C=O) groups is 1. The lowest BCUT2D eigenvalue weighted by molar-refractivity contribution is 0.0924. The number of pyridine rings is 1. The predicted molar refractivity (Wildman–Crippen MR) is 77.9 cm³/mol. The molecule has 1 unspecified atom stereocenters. The zero-order valence-electron chi connectivity index (χ0n) is 12.2. The van der Waals surface area contributed by atoms with Gasteiger partial charge in [-0.15, -0.1) is 0 Å². The van der Waals surface area contributed by atoms with Gasteiger partial charge in [0, 0.05) is 18.8 Å². The molecule has 0 aliphatic rings. The molecule has 106 valence electrons. The molecule has 1 atom stereocenters. The fraction of sp³-hybridized carbons (Fsp3) is 0.571. The Morgan fingerprint density at radius 3 is 2.58 bits per heavy atom. The second kappa shape index (κ2) is 7.09. The van der Waals surface area contributed by atoms with Crippen LogP contribution in [0.4, 0.5) is 5.82 Å². The molecular formula is C14H24N4O. The highest BCUT2D eigenvalue weighted by Crippen LogP contribution is 2.07. The summed E-state index contributed by atoms with van der Waals surface area (Å²) in [5, 5.41) is 3.05. The summed E-state index contributed by atoms with van der Waals surface area (Å²) in [7, 11) is 4.01. The molecule has 0 saturated carbocycles. The molecule has 0 aliphatic carbocycles. The Morgan fingerprint density at radius 2 is 2.11 bits per heavy atom. The van der Waals surface area contributed by atoms with Crippen molar-refractivity contribution in [1.82, 2.24) is 15.2 Å². The number of hydrogen-bond acceptors (Lipinski definition) is 4. The summed E-state index contributed by atoms with van der Waals surface area (Å²) in [6.45, 7) is 5.13. The molecule has 0 spiro atoms. The smallest absolute Gasteiger partial charge is 0.253 e. The molecule has 0 bridgehead atoms. The summed E-state index contributed by atoms with van der Waals surface area (Å²) in [5.41, 5.74) is 6.05. The van der Waals surface area contributed by atoms with E-state index >= 15 is 0 Å². The molecule has 0 saturated heterocycles. The fourth-order valence-electron chi connectivity index (χ4n) is 2.00. The third-order valence-electron chi connectivity index (χ3n) is 2.73. The van der Waals surface area contributed by atoms with Crippen LogP contribution in [0.3, 0.4) is 0 Å². The van der Waals surface area contributed by atoms with Crippen LogP contribution in [-0.2, 0) is 0 Å². The lowest BCUT2D eigenvalue weighted by atomic mass is 10.0. The topological polar surface area (TPSA) is 71.2 Å². The van der Waals surface area contributed by atoms with Crippen LogP contribution in [0.25, 0.3) is 0 Å². The van der Waals surface area contributed by atoms with E-state index < -0.39 is 0 Å². The highest BCUT2D eigenvalue weighted by Gasteiger charge is 2.16. The Bertz CT molecular complexity index is 390. The molecule has 0 fully saturated rings. The lowest BCUT2D eigenvalue weighted by Gasteiger charge is -2.24. The van der Waals surface area contributed by atoms with Gasteiger partial charge in [0.2, 0.25) is 0 Å². The van der Waals surface area contributed by atoms with Crippen LogP contribution in [0, 0.1) is 5.92 Å². The van der Waals surface area contributed by atoms with E-state index in [0.29, 0.717) is 17.3 Å². The van der Waals surface area contributed by atoms with Gasteiger partial charge in [-0.25, -0.2) is 4.98 Å². The number of amides is 1. The van der Waals surface area contributed by atoms with Crippen molar-refractivity contribution >= 4 is 11.7 Å². The van der Waals surface area contributed by atoms with Crippen LogP contribution in [0.5, 0.6) is 0 Å². The summed E-state index contributed by atoms with van der Waals surface area (Å²) in [4.78, 5) is 18.1. The first-order chi connectivity index (χ1) is 8.88. The number of anilines is 1. The number of hydrogen-bond donors (Lipinski definition) is 2. The van der Waals surface area contributed by atoms with Crippen molar-refractivity contribution < 1.29 is 4.79 Å². The molecule has 1 rings (SSSR count). The van der Waals surface area contributed by atoms with Gasteiger partial charge in [-0.05, 0) is 38.6 Å². The molecule has 19 heavy (non-hydrogen) atoms. The molecule has 1 aromatic rings. The van der Waals surface area contributed by atoms with Crippen molar-refractivity contribution in [3.8, 4) is 0 Å². The standard InChI is InChI=1S/C14H24N4O/c1-10(2)7-12(9-18(3)4)17-14(19)11-5-6-13(15)16-8-11/h5-6,8,10,12H,7,9H2,1-4H3,(H2,15,16)(H,17,19). The number of nitrogen functional groups attached to an aromatic ring is 1. The molecule has 1 amide bonds. The zero-order chi connectivity index (χ0) is 14.4. The van der Waals surface area contributed by atoms with Crippen LogP contribution in [-0.4, -0.2) is 42.5 Å². The molecule has 0 radical (unpaired) electrons. The normalized spacial score (nSPS) is 12.7. The average Bonchev–Trinajstić information content (AvgIpc) is 2.27. The number of nitrogens with two attached hydrogens (primary N) is 1. The first-order valence-electron chi connectivity index (χ1n) is 6.55. The number of nitrogens with zero attached hydrogens (tertiary/aromatic N) is 2. The lowest BCUT2D eigenvalue weighted by Crippen LogP contribution is -2.42. The molecule has 3 N–H and O–H groups in total. The second-order valence-electron chi connectivity index (χ2n) is 5.53. The van der Waals surface area contributed by atoms with Crippen LogP contribution < -0.4 is 11.1 Å². The maximum Gasteiger partial charge on any atom is 0.253 e. The predicted octanol–water partition coefficient (Wildman–Crippen LogP) is 1.37. The van der Waals surface area contributed by atoms with E-state index in [1.807, 2.05) is 14.1 Å². The first-order valence-corrected chi connectivity index (χ1v) is 6.55. The number of aromatic nitrogens is 1. The van der Waals surface area contributed by atoms with E-state index in [0.717, 1.165) is 13.0 Å². The second-order valence-corrected chi connectivity index (χ2v) is 5.53. The average molecular weight is 264 g/mol. The summed E-state index contributed by atoms with van der Waals surface area (Å²) in [6.07, 6.45) is 2.46. The molecule has 5 nitrogen and oxygen atoms in total. The Labute approximate surface area is 115 Å². The largest absolute Gasteiger partial charge is 0.384 e. The summed E-state index contributed by atoms with van der Waals surface area (Å²) in [5.74, 6) is 0.860. The van der Waals surface area contributed by atoms with E-state index in [1.54, 1.807) is 12.1 Å². The third-order valence-corrected chi connectivity index (χ3v) is 2.73. The molecule has 0 aliphatic heterocycles. The van der Waals surface area contributed by atoms with Crippen LogP contribution in [0.15, 0.2) is 18.3 Å². The van der Waals surface area contributed by atoms with Gasteiger partial charge in [0.1, 0.15) is 5.82 Å². The number of rotatable bonds is 6. The van der Waals surface area contributed by atoms with E-state index in [2.05, 4.69) is 29.0 Å². The first kappa shape index (κ1) is 15.4. The molecule has 1 heterocycles.